The predicted octanol–water partition coefficient (Wildman–Crippen LogP) is 3.90. The normalized spacial score (nSPS) is 15.7. The molecule has 1 aliphatic rings. The number of fused-ring (bicyclic) bond motifs is 2. The molecule has 0 radical (unpaired) electrons. The Bertz CT molecular complexity index is 1370. The minimum atomic E-state index is -3.63. The highest BCUT2D eigenvalue weighted by Gasteiger charge is 2.28. The molecule has 3 aromatic heterocycles. The Balaban J connectivity index is 1.49. The van der Waals surface area contributed by atoms with Gasteiger partial charge in [0.1, 0.15) is 10.5 Å². The van der Waals surface area contributed by atoms with Gasteiger partial charge in [0, 0.05) is 48.0 Å². The molecule has 4 heterocycles. The van der Waals surface area contributed by atoms with Gasteiger partial charge in [-0.2, -0.15) is 4.31 Å². The number of benzene rings is 1. The van der Waals surface area contributed by atoms with Crippen molar-refractivity contribution in [2.24, 2.45) is 0 Å². The van der Waals surface area contributed by atoms with Gasteiger partial charge in [0.15, 0.2) is 0 Å². The van der Waals surface area contributed by atoms with E-state index in [0.29, 0.717) is 25.0 Å². The lowest BCUT2D eigenvalue weighted by molar-refractivity contribution is 0.442. The van der Waals surface area contributed by atoms with E-state index < -0.39 is 10.0 Å². The summed E-state index contributed by atoms with van der Waals surface area (Å²) in [7, 11) is -3.63. The van der Waals surface area contributed by atoms with Crippen LogP contribution in [0.5, 0.6) is 0 Å². The number of aromatic amines is 1. The molecule has 0 aliphatic carbocycles. The van der Waals surface area contributed by atoms with E-state index in [9.17, 15) is 8.42 Å². The first kappa shape index (κ1) is 18.0. The second-order valence-electron chi connectivity index (χ2n) is 7.28. The molecular weight excluding hydrogens is 384 g/mol. The molecule has 1 N–H and O–H groups in total. The van der Waals surface area contributed by atoms with E-state index in [4.69, 9.17) is 0 Å². The molecule has 7 heteroatoms. The summed E-state index contributed by atoms with van der Waals surface area (Å²) in [6, 6.07) is 11.2. The van der Waals surface area contributed by atoms with Crippen molar-refractivity contribution in [3.05, 3.63) is 72.2 Å². The number of para-hydroxylation sites is 1. The second kappa shape index (κ2) is 6.79. The third kappa shape index (κ3) is 3.03. The lowest BCUT2D eigenvalue weighted by Crippen LogP contribution is -2.34. The van der Waals surface area contributed by atoms with Crippen LogP contribution in [0.1, 0.15) is 17.5 Å². The van der Waals surface area contributed by atoms with Gasteiger partial charge in [0.05, 0.1) is 5.52 Å². The van der Waals surface area contributed by atoms with Crippen molar-refractivity contribution in [1.29, 1.82) is 0 Å². The zero-order valence-electron chi connectivity index (χ0n) is 16.0. The quantitative estimate of drug-likeness (QED) is 0.562. The molecular formula is C22H20N4O2S. The van der Waals surface area contributed by atoms with Gasteiger partial charge in [-0.25, -0.2) is 13.4 Å². The Kier molecular flexibility index (Phi) is 4.22. The zero-order valence-corrected chi connectivity index (χ0v) is 16.8. The second-order valence-corrected chi connectivity index (χ2v) is 9.19. The number of pyridine rings is 2. The maximum Gasteiger partial charge on any atom is 0.245 e. The van der Waals surface area contributed by atoms with E-state index in [0.717, 1.165) is 33.1 Å². The lowest BCUT2D eigenvalue weighted by Gasteiger charge is -2.26. The Morgan fingerprint density at radius 1 is 1.14 bits per heavy atom. The van der Waals surface area contributed by atoms with E-state index in [1.807, 2.05) is 43.5 Å². The first-order valence-electron chi connectivity index (χ1n) is 9.51. The molecule has 4 aromatic rings. The van der Waals surface area contributed by atoms with Crippen LogP contribution in [-0.4, -0.2) is 40.8 Å². The zero-order chi connectivity index (χ0) is 20.0. The number of nitrogens with one attached hydrogen (secondary N) is 1. The molecule has 0 unspecified atom stereocenters. The molecule has 6 nitrogen and oxygen atoms in total. The van der Waals surface area contributed by atoms with Crippen LogP contribution in [0.2, 0.25) is 0 Å². The molecule has 0 amide bonds. The van der Waals surface area contributed by atoms with Gasteiger partial charge >= 0.3 is 0 Å². The third-order valence-corrected chi connectivity index (χ3v) is 7.29. The minimum Gasteiger partial charge on any atom is -0.346 e. The first-order chi connectivity index (χ1) is 14.0. The number of H-pyrrole nitrogens is 1. The number of aryl methyl sites for hydroxylation is 1. The standard InChI is InChI=1S/C22H20N4O2S/c1-15-12-17-4-2-6-20(21(17)24-13-15)29(27,28)26-10-7-16(8-11-26)19-14-25-22-18(19)5-3-9-23-22/h2-7,9,12-14H,8,10-11H2,1H3,(H,23,25). The topological polar surface area (TPSA) is 79.0 Å². The van der Waals surface area contributed by atoms with Crippen molar-refractivity contribution < 1.29 is 8.42 Å². The smallest absolute Gasteiger partial charge is 0.245 e. The van der Waals surface area contributed by atoms with Crippen molar-refractivity contribution in [3.63, 3.8) is 0 Å². The van der Waals surface area contributed by atoms with Crippen LogP contribution >= 0.6 is 0 Å². The Morgan fingerprint density at radius 2 is 2.03 bits per heavy atom. The van der Waals surface area contributed by atoms with Gasteiger partial charge in [-0.1, -0.05) is 18.2 Å². The van der Waals surface area contributed by atoms with E-state index in [2.05, 4.69) is 15.0 Å². The highest BCUT2D eigenvalue weighted by Crippen LogP contribution is 2.31. The van der Waals surface area contributed by atoms with Crippen LogP contribution < -0.4 is 0 Å². The van der Waals surface area contributed by atoms with Gasteiger partial charge < -0.3 is 4.98 Å². The summed E-state index contributed by atoms with van der Waals surface area (Å²) in [5.41, 5.74) is 4.60. The van der Waals surface area contributed by atoms with Crippen LogP contribution in [0.15, 0.2) is 66.0 Å². The molecule has 29 heavy (non-hydrogen) atoms. The molecule has 0 saturated carbocycles. The van der Waals surface area contributed by atoms with Crippen LogP contribution in [0.3, 0.4) is 0 Å². The summed E-state index contributed by atoms with van der Waals surface area (Å²) in [5, 5.41) is 1.90. The minimum absolute atomic E-state index is 0.267. The van der Waals surface area contributed by atoms with E-state index >= 15 is 0 Å². The van der Waals surface area contributed by atoms with Gasteiger partial charge in [-0.05, 0) is 48.7 Å². The Hall–Kier alpha value is -3.03. The van der Waals surface area contributed by atoms with Gasteiger partial charge in [-0.15, -0.1) is 0 Å². The number of hydrogen-bond acceptors (Lipinski definition) is 4. The number of hydrogen-bond donors (Lipinski definition) is 1. The maximum atomic E-state index is 13.3. The highest BCUT2D eigenvalue weighted by atomic mass is 32.2. The molecule has 0 fully saturated rings. The summed E-state index contributed by atoms with van der Waals surface area (Å²) in [6.45, 7) is 2.72. The summed E-state index contributed by atoms with van der Waals surface area (Å²) in [6.07, 6.45) is 8.06. The van der Waals surface area contributed by atoms with Crippen LogP contribution in [-0.2, 0) is 10.0 Å². The molecule has 0 saturated heterocycles. The Morgan fingerprint density at radius 3 is 2.86 bits per heavy atom. The summed E-state index contributed by atoms with van der Waals surface area (Å²) in [5.74, 6) is 0. The molecule has 1 aliphatic heterocycles. The number of nitrogens with zero attached hydrogens (tertiary/aromatic N) is 3. The van der Waals surface area contributed by atoms with Gasteiger partial charge in [-0.3, -0.25) is 4.98 Å². The van der Waals surface area contributed by atoms with Crippen molar-refractivity contribution in [3.8, 4) is 0 Å². The van der Waals surface area contributed by atoms with E-state index in [-0.39, 0.29) is 4.90 Å². The fourth-order valence-corrected chi connectivity index (χ4v) is 5.47. The molecule has 0 spiro atoms. The number of aromatic nitrogens is 3. The third-order valence-electron chi connectivity index (χ3n) is 5.40. The van der Waals surface area contributed by atoms with Crippen LogP contribution in [0, 0.1) is 6.92 Å². The average molecular weight is 404 g/mol. The van der Waals surface area contributed by atoms with Crippen molar-refractivity contribution in [2.45, 2.75) is 18.2 Å². The lowest BCUT2D eigenvalue weighted by atomic mass is 10.0. The fourth-order valence-electron chi connectivity index (χ4n) is 3.93. The largest absolute Gasteiger partial charge is 0.346 e. The monoisotopic (exact) mass is 404 g/mol. The summed E-state index contributed by atoms with van der Waals surface area (Å²) < 4.78 is 28.2. The highest BCUT2D eigenvalue weighted by molar-refractivity contribution is 7.89. The molecule has 0 bridgehead atoms. The number of rotatable bonds is 3. The Labute approximate surface area is 169 Å². The average Bonchev–Trinajstić information content (AvgIpc) is 3.17. The summed E-state index contributed by atoms with van der Waals surface area (Å²) >= 11 is 0. The summed E-state index contributed by atoms with van der Waals surface area (Å²) in [4.78, 5) is 12.2. The van der Waals surface area contributed by atoms with E-state index in [1.54, 1.807) is 24.5 Å². The molecule has 1 aromatic carbocycles. The number of sulfonamides is 1. The predicted molar refractivity (Wildman–Crippen MR) is 114 cm³/mol. The van der Waals surface area contributed by atoms with Gasteiger partial charge in [0.2, 0.25) is 10.0 Å². The molecule has 146 valence electrons. The van der Waals surface area contributed by atoms with Crippen molar-refractivity contribution in [1.82, 2.24) is 19.3 Å². The fraction of sp³-hybridized carbons (Fsp3) is 0.182. The van der Waals surface area contributed by atoms with Crippen LogP contribution in [0.4, 0.5) is 0 Å². The van der Waals surface area contributed by atoms with Crippen molar-refractivity contribution in [2.75, 3.05) is 13.1 Å². The molecule has 0 atom stereocenters. The maximum absolute atomic E-state index is 13.3. The molecule has 5 rings (SSSR count). The first-order valence-corrected chi connectivity index (χ1v) is 10.9. The van der Waals surface area contributed by atoms with Crippen molar-refractivity contribution >= 4 is 37.5 Å². The van der Waals surface area contributed by atoms with E-state index in [1.165, 1.54) is 4.31 Å². The van der Waals surface area contributed by atoms with Crippen LogP contribution in [0.25, 0.3) is 27.5 Å². The SMILES string of the molecule is Cc1cnc2c(S(=O)(=O)N3CC=C(c4c[nH]c5ncccc45)CC3)cccc2c1. The van der Waals surface area contributed by atoms with Gasteiger partial charge in [0.25, 0.3) is 0 Å².